The molecule has 3 atom stereocenters. The van der Waals surface area contributed by atoms with Crippen LogP contribution in [0.5, 0.6) is 0 Å². The van der Waals surface area contributed by atoms with Gasteiger partial charge in [0.05, 0.1) is 0 Å². The Bertz CT molecular complexity index is 757. The standard InChI is InChI=1S/C19H22N2O2S/c1-12(14-9-5-7-13-6-3-4-8-15(13)14)17-19(23)20-16(10-11-24-2)18(22)21-17/h3-9,12,16-17H,10-11H2,1-2H3,(H,20,23)(H,21,22). The first-order valence-corrected chi connectivity index (χ1v) is 9.58. The molecule has 0 aliphatic carbocycles. The highest BCUT2D eigenvalue weighted by molar-refractivity contribution is 7.98. The highest BCUT2D eigenvalue weighted by atomic mass is 32.2. The normalized spacial score (nSPS) is 22.1. The van der Waals surface area contributed by atoms with Gasteiger partial charge >= 0.3 is 0 Å². The predicted molar refractivity (Wildman–Crippen MR) is 99.2 cm³/mol. The molecule has 2 aromatic rings. The summed E-state index contributed by atoms with van der Waals surface area (Å²) in [4.78, 5) is 24.9. The third-order valence-electron chi connectivity index (χ3n) is 4.64. The van der Waals surface area contributed by atoms with Crippen LogP contribution < -0.4 is 10.6 Å². The van der Waals surface area contributed by atoms with Gasteiger partial charge in [0, 0.05) is 5.92 Å². The third kappa shape index (κ3) is 3.26. The van der Waals surface area contributed by atoms with Gasteiger partial charge in [0.2, 0.25) is 11.8 Å². The molecule has 1 saturated heterocycles. The second kappa shape index (κ2) is 7.26. The number of benzene rings is 2. The first-order chi connectivity index (χ1) is 11.6. The number of amides is 2. The van der Waals surface area contributed by atoms with Gasteiger partial charge in [-0.15, -0.1) is 0 Å². The summed E-state index contributed by atoms with van der Waals surface area (Å²) in [6.45, 7) is 1.99. The van der Waals surface area contributed by atoms with Crippen LogP contribution in [0.4, 0.5) is 0 Å². The topological polar surface area (TPSA) is 58.2 Å². The molecule has 1 fully saturated rings. The molecule has 126 valence electrons. The number of piperazine rings is 1. The maximum Gasteiger partial charge on any atom is 0.243 e. The van der Waals surface area contributed by atoms with Crippen LogP contribution >= 0.6 is 11.8 Å². The number of carbonyl (C=O) groups is 2. The van der Waals surface area contributed by atoms with Crippen LogP contribution in [0.1, 0.15) is 24.8 Å². The van der Waals surface area contributed by atoms with E-state index in [1.165, 1.54) is 0 Å². The predicted octanol–water partition coefficient (Wildman–Crippen LogP) is 2.68. The summed E-state index contributed by atoms with van der Waals surface area (Å²) >= 11 is 1.67. The summed E-state index contributed by atoms with van der Waals surface area (Å²) in [5, 5.41) is 8.08. The number of rotatable bonds is 5. The van der Waals surface area contributed by atoms with E-state index in [1.54, 1.807) is 11.8 Å². The largest absolute Gasteiger partial charge is 0.342 e. The number of nitrogens with one attached hydrogen (secondary N) is 2. The van der Waals surface area contributed by atoms with Gasteiger partial charge in [-0.1, -0.05) is 49.4 Å². The van der Waals surface area contributed by atoms with Crippen LogP contribution in [-0.2, 0) is 9.59 Å². The zero-order valence-electron chi connectivity index (χ0n) is 13.9. The van der Waals surface area contributed by atoms with Gasteiger partial charge in [0.15, 0.2) is 0 Å². The first kappa shape index (κ1) is 16.8. The second-order valence-electron chi connectivity index (χ2n) is 6.19. The fourth-order valence-corrected chi connectivity index (χ4v) is 3.74. The quantitative estimate of drug-likeness (QED) is 0.878. The molecule has 3 unspecified atom stereocenters. The molecule has 0 radical (unpaired) electrons. The highest BCUT2D eigenvalue weighted by Crippen LogP contribution is 2.28. The van der Waals surface area contributed by atoms with E-state index < -0.39 is 12.1 Å². The molecule has 0 aromatic heterocycles. The fraction of sp³-hybridized carbons (Fsp3) is 0.368. The molecular formula is C19H22N2O2S. The van der Waals surface area contributed by atoms with Crippen molar-refractivity contribution in [3.8, 4) is 0 Å². The summed E-state index contributed by atoms with van der Waals surface area (Å²) < 4.78 is 0. The molecule has 1 heterocycles. The van der Waals surface area contributed by atoms with Gasteiger partial charge in [0.25, 0.3) is 0 Å². The minimum Gasteiger partial charge on any atom is -0.342 e. The maximum atomic E-state index is 12.5. The average molecular weight is 342 g/mol. The number of carbonyl (C=O) groups excluding carboxylic acids is 2. The SMILES string of the molecule is CSCCC1NC(=O)C(C(C)c2cccc3ccccc23)NC1=O. The van der Waals surface area contributed by atoms with E-state index in [0.717, 1.165) is 22.1 Å². The van der Waals surface area contributed by atoms with Crippen molar-refractivity contribution < 1.29 is 9.59 Å². The van der Waals surface area contributed by atoms with E-state index in [-0.39, 0.29) is 17.7 Å². The van der Waals surface area contributed by atoms with Crippen molar-refractivity contribution in [3.05, 3.63) is 48.0 Å². The van der Waals surface area contributed by atoms with Crippen LogP contribution in [0, 0.1) is 0 Å². The van der Waals surface area contributed by atoms with E-state index in [4.69, 9.17) is 0 Å². The van der Waals surface area contributed by atoms with Crippen molar-refractivity contribution in [3.63, 3.8) is 0 Å². The van der Waals surface area contributed by atoms with E-state index in [0.29, 0.717) is 6.42 Å². The van der Waals surface area contributed by atoms with E-state index in [2.05, 4.69) is 28.8 Å². The maximum absolute atomic E-state index is 12.5. The third-order valence-corrected chi connectivity index (χ3v) is 5.28. The lowest BCUT2D eigenvalue weighted by molar-refractivity contribution is -0.137. The van der Waals surface area contributed by atoms with Gasteiger partial charge in [-0.3, -0.25) is 9.59 Å². The highest BCUT2D eigenvalue weighted by Gasteiger charge is 2.37. The summed E-state index contributed by atoms with van der Waals surface area (Å²) in [6.07, 6.45) is 2.65. The van der Waals surface area contributed by atoms with Crippen molar-refractivity contribution in [2.45, 2.75) is 31.3 Å². The lowest BCUT2D eigenvalue weighted by atomic mass is 9.87. The van der Waals surface area contributed by atoms with Crippen LogP contribution in [0.25, 0.3) is 10.8 Å². The fourth-order valence-electron chi connectivity index (χ4n) is 3.26. The first-order valence-electron chi connectivity index (χ1n) is 8.19. The lowest BCUT2D eigenvalue weighted by Gasteiger charge is -2.33. The zero-order valence-corrected chi connectivity index (χ0v) is 14.7. The van der Waals surface area contributed by atoms with Gasteiger partial charge in [0.1, 0.15) is 12.1 Å². The van der Waals surface area contributed by atoms with Gasteiger partial charge in [-0.25, -0.2) is 0 Å². The number of hydrogen-bond acceptors (Lipinski definition) is 3. The Hall–Kier alpha value is -2.01. The minimum absolute atomic E-state index is 0.0827. The minimum atomic E-state index is -0.533. The summed E-state index contributed by atoms with van der Waals surface area (Å²) in [7, 11) is 0. The van der Waals surface area contributed by atoms with Crippen molar-refractivity contribution in [2.24, 2.45) is 0 Å². The molecule has 2 N–H and O–H groups in total. The average Bonchev–Trinajstić information content (AvgIpc) is 2.61. The molecule has 0 bridgehead atoms. The van der Waals surface area contributed by atoms with Gasteiger partial charge in [-0.2, -0.15) is 11.8 Å². The molecule has 1 aliphatic rings. The Balaban J connectivity index is 1.83. The van der Waals surface area contributed by atoms with Crippen molar-refractivity contribution in [2.75, 3.05) is 12.0 Å². The Labute approximate surface area is 146 Å². The van der Waals surface area contributed by atoms with Crippen LogP contribution in [0.2, 0.25) is 0 Å². The molecule has 0 spiro atoms. The van der Waals surface area contributed by atoms with Crippen molar-refractivity contribution in [1.82, 2.24) is 10.6 Å². The molecule has 1 aliphatic heterocycles. The Kier molecular flexibility index (Phi) is 5.09. The molecule has 5 heteroatoms. The summed E-state index contributed by atoms with van der Waals surface area (Å²) in [5.74, 6) is 0.575. The van der Waals surface area contributed by atoms with Crippen molar-refractivity contribution in [1.29, 1.82) is 0 Å². The summed E-state index contributed by atoms with van der Waals surface area (Å²) in [6, 6.07) is 13.3. The monoisotopic (exact) mass is 342 g/mol. The van der Waals surface area contributed by atoms with E-state index in [9.17, 15) is 9.59 Å². The molecular weight excluding hydrogens is 320 g/mol. The summed E-state index contributed by atoms with van der Waals surface area (Å²) in [5.41, 5.74) is 1.08. The molecule has 0 saturated carbocycles. The number of thioether (sulfide) groups is 1. The zero-order chi connectivity index (χ0) is 17.1. The molecule has 2 aromatic carbocycles. The van der Waals surface area contributed by atoms with Crippen LogP contribution in [-0.4, -0.2) is 35.9 Å². The molecule has 4 nitrogen and oxygen atoms in total. The smallest absolute Gasteiger partial charge is 0.243 e. The lowest BCUT2D eigenvalue weighted by Crippen LogP contribution is -2.63. The molecule has 24 heavy (non-hydrogen) atoms. The number of fused-ring (bicyclic) bond motifs is 1. The molecule has 3 rings (SSSR count). The Morgan fingerprint density at radius 2 is 1.79 bits per heavy atom. The van der Waals surface area contributed by atoms with E-state index >= 15 is 0 Å². The Morgan fingerprint density at radius 1 is 1.04 bits per heavy atom. The van der Waals surface area contributed by atoms with E-state index in [1.807, 2.05) is 37.4 Å². The van der Waals surface area contributed by atoms with Gasteiger partial charge < -0.3 is 10.6 Å². The number of hydrogen-bond donors (Lipinski definition) is 2. The van der Waals surface area contributed by atoms with Crippen LogP contribution in [0.3, 0.4) is 0 Å². The van der Waals surface area contributed by atoms with Crippen molar-refractivity contribution >= 4 is 34.3 Å². The van der Waals surface area contributed by atoms with Crippen LogP contribution in [0.15, 0.2) is 42.5 Å². The second-order valence-corrected chi connectivity index (χ2v) is 7.17. The Morgan fingerprint density at radius 3 is 2.58 bits per heavy atom. The molecule has 2 amide bonds. The van der Waals surface area contributed by atoms with Gasteiger partial charge in [-0.05, 0) is 34.8 Å².